The maximum absolute atomic E-state index is 11.5. The van der Waals surface area contributed by atoms with Gasteiger partial charge in [-0.15, -0.1) is 0 Å². The zero-order valence-corrected chi connectivity index (χ0v) is 9.38. The van der Waals surface area contributed by atoms with E-state index in [9.17, 15) is 9.90 Å². The fourth-order valence-corrected chi connectivity index (χ4v) is 1.12. The lowest BCUT2D eigenvalue weighted by Crippen LogP contribution is -2.38. The minimum absolute atomic E-state index is 0.186. The van der Waals surface area contributed by atoms with Crippen LogP contribution < -0.4 is 5.32 Å². The molecular weight excluding hydrogens is 216 g/mol. The molecule has 0 aliphatic heterocycles. The van der Waals surface area contributed by atoms with Gasteiger partial charge in [0.05, 0.1) is 5.60 Å². The van der Waals surface area contributed by atoms with Gasteiger partial charge in [-0.25, -0.2) is 4.98 Å². The maximum Gasteiger partial charge on any atom is 0.251 e. The quantitative estimate of drug-likeness (QED) is 0.766. The van der Waals surface area contributed by atoms with E-state index in [0.717, 1.165) is 0 Å². The molecule has 0 atom stereocenters. The summed E-state index contributed by atoms with van der Waals surface area (Å²) in [7, 11) is 0. The monoisotopic (exact) mass is 228 g/mol. The van der Waals surface area contributed by atoms with Gasteiger partial charge in [0.25, 0.3) is 5.91 Å². The van der Waals surface area contributed by atoms with Crippen molar-refractivity contribution in [2.45, 2.75) is 19.4 Å². The van der Waals surface area contributed by atoms with Gasteiger partial charge in [0, 0.05) is 18.3 Å². The largest absolute Gasteiger partial charge is 0.389 e. The van der Waals surface area contributed by atoms with Crippen molar-refractivity contribution >= 4 is 17.5 Å². The summed E-state index contributed by atoms with van der Waals surface area (Å²) in [4.78, 5) is 15.3. The van der Waals surface area contributed by atoms with Gasteiger partial charge in [0.1, 0.15) is 5.15 Å². The van der Waals surface area contributed by atoms with Crippen molar-refractivity contribution in [3.05, 3.63) is 29.0 Å². The number of halogens is 1. The van der Waals surface area contributed by atoms with Crippen molar-refractivity contribution in [3.63, 3.8) is 0 Å². The number of hydrogen-bond acceptors (Lipinski definition) is 3. The second kappa shape index (κ2) is 4.59. The summed E-state index contributed by atoms with van der Waals surface area (Å²) >= 11 is 5.64. The van der Waals surface area contributed by atoms with Gasteiger partial charge in [-0.1, -0.05) is 11.6 Å². The molecular formula is C10H13ClN2O2. The van der Waals surface area contributed by atoms with Crippen LogP contribution in [0.3, 0.4) is 0 Å². The summed E-state index contributed by atoms with van der Waals surface area (Å²) in [6, 6.07) is 3.03. The molecule has 0 radical (unpaired) electrons. The molecule has 1 heterocycles. The van der Waals surface area contributed by atoms with E-state index in [2.05, 4.69) is 10.3 Å². The average Bonchev–Trinajstić information content (AvgIpc) is 2.13. The summed E-state index contributed by atoms with van der Waals surface area (Å²) in [5.74, 6) is -0.276. The SMILES string of the molecule is CC(C)(O)CNC(=O)c1ccnc(Cl)c1. The highest BCUT2D eigenvalue weighted by molar-refractivity contribution is 6.29. The van der Waals surface area contributed by atoms with Crippen LogP contribution in [0.2, 0.25) is 5.15 Å². The van der Waals surface area contributed by atoms with Crippen molar-refractivity contribution in [2.24, 2.45) is 0 Å². The number of rotatable bonds is 3. The van der Waals surface area contributed by atoms with E-state index in [1.54, 1.807) is 19.9 Å². The number of aromatic nitrogens is 1. The van der Waals surface area contributed by atoms with E-state index in [1.807, 2.05) is 0 Å². The molecule has 0 aromatic carbocycles. The molecule has 0 aliphatic rings. The Labute approximate surface area is 93.3 Å². The van der Waals surface area contributed by atoms with Crippen LogP contribution >= 0.6 is 11.6 Å². The normalized spacial score (nSPS) is 11.2. The minimum atomic E-state index is -0.924. The van der Waals surface area contributed by atoms with Gasteiger partial charge in [-0.2, -0.15) is 0 Å². The smallest absolute Gasteiger partial charge is 0.251 e. The number of nitrogens with one attached hydrogen (secondary N) is 1. The molecule has 0 aliphatic carbocycles. The summed E-state index contributed by atoms with van der Waals surface area (Å²) in [5.41, 5.74) is -0.494. The second-order valence-electron chi connectivity index (χ2n) is 3.86. The molecule has 1 aromatic heterocycles. The van der Waals surface area contributed by atoms with E-state index < -0.39 is 5.60 Å². The molecule has 15 heavy (non-hydrogen) atoms. The molecule has 5 heteroatoms. The third-order valence-corrected chi connectivity index (χ3v) is 1.88. The Morgan fingerprint density at radius 3 is 2.87 bits per heavy atom. The van der Waals surface area contributed by atoms with E-state index in [1.165, 1.54) is 12.3 Å². The Morgan fingerprint density at radius 2 is 2.33 bits per heavy atom. The van der Waals surface area contributed by atoms with Gasteiger partial charge in [-0.3, -0.25) is 4.79 Å². The van der Waals surface area contributed by atoms with E-state index in [-0.39, 0.29) is 17.6 Å². The summed E-state index contributed by atoms with van der Waals surface area (Å²) in [6.45, 7) is 3.42. The fraction of sp³-hybridized carbons (Fsp3) is 0.400. The molecule has 0 saturated heterocycles. The molecule has 0 bridgehead atoms. The number of carbonyl (C=O) groups is 1. The van der Waals surface area contributed by atoms with E-state index in [0.29, 0.717) is 5.56 Å². The van der Waals surface area contributed by atoms with Crippen molar-refractivity contribution in [1.82, 2.24) is 10.3 Å². The predicted molar refractivity (Wildman–Crippen MR) is 57.9 cm³/mol. The summed E-state index contributed by atoms with van der Waals surface area (Å²) in [6.07, 6.45) is 1.46. The average molecular weight is 229 g/mol. The van der Waals surface area contributed by atoms with Gasteiger partial charge < -0.3 is 10.4 Å². The predicted octanol–water partition coefficient (Wildman–Crippen LogP) is 1.24. The van der Waals surface area contributed by atoms with Crippen LogP contribution in [0.1, 0.15) is 24.2 Å². The first-order chi connectivity index (χ1) is 6.88. The lowest BCUT2D eigenvalue weighted by molar-refractivity contribution is 0.0694. The molecule has 1 amide bonds. The van der Waals surface area contributed by atoms with E-state index in [4.69, 9.17) is 11.6 Å². The fourth-order valence-electron chi connectivity index (χ4n) is 0.942. The molecule has 82 valence electrons. The second-order valence-corrected chi connectivity index (χ2v) is 4.25. The van der Waals surface area contributed by atoms with Gasteiger partial charge in [-0.05, 0) is 26.0 Å². The van der Waals surface area contributed by atoms with Crippen LogP contribution in [0.5, 0.6) is 0 Å². The lowest BCUT2D eigenvalue weighted by atomic mass is 10.1. The van der Waals surface area contributed by atoms with Crippen LogP contribution in [0.15, 0.2) is 18.3 Å². The van der Waals surface area contributed by atoms with Crippen molar-refractivity contribution in [2.75, 3.05) is 6.54 Å². The van der Waals surface area contributed by atoms with Crippen LogP contribution in [-0.2, 0) is 0 Å². The first-order valence-electron chi connectivity index (χ1n) is 4.50. The number of hydrogen-bond donors (Lipinski definition) is 2. The van der Waals surface area contributed by atoms with Gasteiger partial charge in [0.15, 0.2) is 0 Å². The highest BCUT2D eigenvalue weighted by Gasteiger charge is 2.14. The Hall–Kier alpha value is -1.13. The van der Waals surface area contributed by atoms with Crippen LogP contribution in [0.25, 0.3) is 0 Å². The first-order valence-corrected chi connectivity index (χ1v) is 4.88. The highest BCUT2D eigenvalue weighted by atomic mass is 35.5. The number of pyridine rings is 1. The molecule has 1 aromatic rings. The molecule has 0 unspecified atom stereocenters. The third kappa shape index (κ3) is 4.27. The van der Waals surface area contributed by atoms with Crippen LogP contribution in [-0.4, -0.2) is 28.1 Å². The number of carbonyl (C=O) groups excluding carboxylic acids is 1. The summed E-state index contributed by atoms with van der Waals surface area (Å²) in [5, 5.41) is 12.3. The zero-order valence-electron chi connectivity index (χ0n) is 8.62. The third-order valence-electron chi connectivity index (χ3n) is 1.67. The molecule has 1 rings (SSSR count). The Balaban J connectivity index is 2.62. The molecule has 2 N–H and O–H groups in total. The number of nitrogens with zero attached hydrogens (tertiary/aromatic N) is 1. The van der Waals surface area contributed by atoms with Crippen LogP contribution in [0.4, 0.5) is 0 Å². The minimum Gasteiger partial charge on any atom is -0.389 e. The highest BCUT2D eigenvalue weighted by Crippen LogP contribution is 2.07. The molecule has 4 nitrogen and oxygen atoms in total. The Morgan fingerprint density at radius 1 is 1.67 bits per heavy atom. The van der Waals surface area contributed by atoms with Crippen LogP contribution in [0, 0.1) is 0 Å². The van der Waals surface area contributed by atoms with Gasteiger partial charge in [0.2, 0.25) is 0 Å². The maximum atomic E-state index is 11.5. The van der Waals surface area contributed by atoms with Gasteiger partial charge >= 0.3 is 0 Å². The standard InChI is InChI=1S/C10H13ClN2O2/c1-10(2,15)6-13-9(14)7-3-4-12-8(11)5-7/h3-5,15H,6H2,1-2H3,(H,13,14). The van der Waals surface area contributed by atoms with Crippen molar-refractivity contribution in [1.29, 1.82) is 0 Å². The number of amides is 1. The topological polar surface area (TPSA) is 62.2 Å². The molecule has 0 spiro atoms. The zero-order chi connectivity index (χ0) is 11.5. The van der Waals surface area contributed by atoms with Crippen molar-refractivity contribution < 1.29 is 9.90 Å². The molecule has 0 fully saturated rings. The lowest BCUT2D eigenvalue weighted by Gasteiger charge is -2.17. The first kappa shape index (κ1) is 11.9. The molecule has 0 saturated carbocycles. The Bertz CT molecular complexity index is 361. The summed E-state index contributed by atoms with van der Waals surface area (Å²) < 4.78 is 0. The Kier molecular flexibility index (Phi) is 3.66. The van der Waals surface area contributed by atoms with Crippen molar-refractivity contribution in [3.8, 4) is 0 Å². The van der Waals surface area contributed by atoms with E-state index >= 15 is 0 Å². The number of aliphatic hydroxyl groups is 1.